The van der Waals surface area contributed by atoms with Crippen LogP contribution in [0.25, 0.3) is 0 Å². The van der Waals surface area contributed by atoms with Crippen LogP contribution in [0.4, 0.5) is 0 Å². The van der Waals surface area contributed by atoms with Crippen LogP contribution < -0.4 is 0 Å². The summed E-state index contributed by atoms with van der Waals surface area (Å²) in [6.45, 7) is 0. The molecule has 1 heterocycles. The first-order valence-electron chi connectivity index (χ1n) is 9.70. The van der Waals surface area contributed by atoms with Crippen molar-refractivity contribution in [3.8, 4) is 0 Å². The van der Waals surface area contributed by atoms with Crippen LogP contribution in [0.1, 0.15) is 89.9 Å². The van der Waals surface area contributed by atoms with Gasteiger partial charge in [0.2, 0.25) is 0 Å². The zero-order valence-electron chi connectivity index (χ0n) is 14.1. The van der Waals surface area contributed by atoms with E-state index in [2.05, 4.69) is 11.9 Å². The molecule has 0 aromatic carbocycles. The van der Waals surface area contributed by atoms with Gasteiger partial charge in [0.25, 0.3) is 0 Å². The highest BCUT2D eigenvalue weighted by Crippen LogP contribution is 2.31. The first-order chi connectivity index (χ1) is 10.3. The van der Waals surface area contributed by atoms with Gasteiger partial charge in [-0.15, -0.1) is 0 Å². The Kier molecular flexibility index (Phi) is 5.99. The van der Waals surface area contributed by atoms with E-state index in [1.807, 2.05) is 0 Å². The molecule has 2 heteroatoms. The Balaban J connectivity index is 1.79. The van der Waals surface area contributed by atoms with E-state index < -0.39 is 0 Å². The van der Waals surface area contributed by atoms with Crippen molar-refractivity contribution in [1.82, 2.24) is 4.90 Å². The van der Waals surface area contributed by atoms with Crippen molar-refractivity contribution >= 4 is 0 Å². The molecule has 3 fully saturated rings. The molecule has 0 aromatic rings. The average Bonchev–Trinajstić information content (AvgIpc) is 2.65. The number of rotatable bonds is 0. The number of nitrogens with zero attached hydrogens (tertiary/aromatic N) is 1. The summed E-state index contributed by atoms with van der Waals surface area (Å²) in [4.78, 5) is 2.79. The standard InChI is InChI=1S/C19H35NO/c1-20-16-9-5-6-12-18(13-7-10-16)21-19-11-4-2-3-8-17(20)14-15-19/h16-19H,2-15H2,1H3. The van der Waals surface area contributed by atoms with Crippen LogP contribution in [0.5, 0.6) is 0 Å². The maximum atomic E-state index is 6.60. The molecule has 1 aliphatic heterocycles. The summed E-state index contributed by atoms with van der Waals surface area (Å²) in [5.41, 5.74) is 0. The summed E-state index contributed by atoms with van der Waals surface area (Å²) >= 11 is 0. The lowest BCUT2D eigenvalue weighted by Gasteiger charge is -2.36. The zero-order valence-corrected chi connectivity index (χ0v) is 14.1. The van der Waals surface area contributed by atoms with Gasteiger partial charge in [-0.05, 0) is 64.8 Å². The van der Waals surface area contributed by atoms with E-state index >= 15 is 0 Å². The fraction of sp³-hybridized carbons (Fsp3) is 1.00. The normalized spacial score (nSPS) is 40.4. The van der Waals surface area contributed by atoms with Crippen LogP contribution in [0.15, 0.2) is 0 Å². The minimum absolute atomic E-state index is 0.556. The summed E-state index contributed by atoms with van der Waals surface area (Å²) in [5, 5.41) is 0. The SMILES string of the molecule is CN1C2CCCCC(CCC2)OC2CCCCCC1CC2. The average molecular weight is 293 g/mol. The summed E-state index contributed by atoms with van der Waals surface area (Å²) in [7, 11) is 2.43. The Hall–Kier alpha value is -0.0800. The molecular formula is C19H35NO. The van der Waals surface area contributed by atoms with Crippen molar-refractivity contribution in [2.75, 3.05) is 7.05 Å². The van der Waals surface area contributed by atoms with Gasteiger partial charge in [0, 0.05) is 12.1 Å². The molecule has 4 unspecified atom stereocenters. The molecule has 4 atom stereocenters. The summed E-state index contributed by atoms with van der Waals surface area (Å²) < 4.78 is 6.60. The highest BCUT2D eigenvalue weighted by Gasteiger charge is 2.28. The molecule has 21 heavy (non-hydrogen) atoms. The van der Waals surface area contributed by atoms with Gasteiger partial charge in [0.05, 0.1) is 12.2 Å². The van der Waals surface area contributed by atoms with Crippen molar-refractivity contribution < 1.29 is 4.74 Å². The largest absolute Gasteiger partial charge is 0.375 e. The van der Waals surface area contributed by atoms with Gasteiger partial charge < -0.3 is 9.64 Å². The first kappa shape index (κ1) is 15.8. The second kappa shape index (κ2) is 7.97. The van der Waals surface area contributed by atoms with Gasteiger partial charge in [-0.3, -0.25) is 0 Å². The molecule has 0 spiro atoms. The molecule has 2 saturated carbocycles. The van der Waals surface area contributed by atoms with E-state index in [0.29, 0.717) is 12.2 Å². The van der Waals surface area contributed by atoms with Crippen LogP contribution in [-0.2, 0) is 4.74 Å². The summed E-state index contributed by atoms with van der Waals surface area (Å²) in [6, 6.07) is 1.65. The van der Waals surface area contributed by atoms with Crippen molar-refractivity contribution in [3.05, 3.63) is 0 Å². The number of ether oxygens (including phenoxy) is 1. The monoisotopic (exact) mass is 293 g/mol. The van der Waals surface area contributed by atoms with Crippen LogP contribution in [0.2, 0.25) is 0 Å². The van der Waals surface area contributed by atoms with Crippen LogP contribution in [-0.4, -0.2) is 36.2 Å². The van der Waals surface area contributed by atoms with Crippen molar-refractivity contribution in [2.45, 2.75) is 114 Å². The lowest BCUT2D eigenvalue weighted by molar-refractivity contribution is -0.0322. The highest BCUT2D eigenvalue weighted by molar-refractivity contribution is 4.82. The third kappa shape index (κ3) is 4.45. The van der Waals surface area contributed by atoms with Crippen LogP contribution >= 0.6 is 0 Å². The maximum Gasteiger partial charge on any atom is 0.0579 e. The molecule has 0 aromatic heterocycles. The van der Waals surface area contributed by atoms with Crippen LogP contribution in [0.3, 0.4) is 0 Å². The smallest absolute Gasteiger partial charge is 0.0579 e. The second-order valence-corrected chi connectivity index (χ2v) is 7.78. The third-order valence-electron chi connectivity index (χ3n) is 6.30. The van der Waals surface area contributed by atoms with E-state index in [1.54, 1.807) is 0 Å². The molecule has 0 amide bonds. The minimum Gasteiger partial charge on any atom is -0.375 e. The van der Waals surface area contributed by atoms with E-state index in [1.165, 1.54) is 89.9 Å². The molecule has 2 aliphatic carbocycles. The van der Waals surface area contributed by atoms with E-state index in [-0.39, 0.29) is 0 Å². The highest BCUT2D eigenvalue weighted by atomic mass is 16.5. The van der Waals surface area contributed by atoms with Crippen molar-refractivity contribution in [2.24, 2.45) is 0 Å². The summed E-state index contributed by atoms with van der Waals surface area (Å²) in [6.07, 6.45) is 20.4. The molecule has 3 aliphatic rings. The molecule has 1 saturated heterocycles. The number of fused-ring (bicyclic) bond motifs is 7. The van der Waals surface area contributed by atoms with Crippen molar-refractivity contribution in [3.63, 3.8) is 0 Å². The first-order valence-corrected chi connectivity index (χ1v) is 9.70. The molecule has 4 bridgehead atoms. The Bertz CT molecular complexity index is 306. The lowest BCUT2D eigenvalue weighted by atomic mass is 9.97. The molecule has 0 N–H and O–H groups in total. The Morgan fingerprint density at radius 1 is 0.571 bits per heavy atom. The number of hydrogen-bond donors (Lipinski definition) is 0. The molecule has 3 rings (SSSR count). The van der Waals surface area contributed by atoms with Gasteiger partial charge in [-0.2, -0.15) is 0 Å². The minimum atomic E-state index is 0.556. The fourth-order valence-corrected chi connectivity index (χ4v) is 4.87. The number of hydrogen-bond acceptors (Lipinski definition) is 2. The topological polar surface area (TPSA) is 12.5 Å². The lowest BCUT2D eigenvalue weighted by Crippen LogP contribution is -2.40. The predicted molar refractivity (Wildman–Crippen MR) is 88.6 cm³/mol. The molecular weight excluding hydrogens is 258 g/mol. The molecule has 0 radical (unpaired) electrons. The van der Waals surface area contributed by atoms with Gasteiger partial charge in [-0.1, -0.05) is 32.1 Å². The summed E-state index contributed by atoms with van der Waals surface area (Å²) in [5.74, 6) is 0. The Labute approximate surface area is 131 Å². The van der Waals surface area contributed by atoms with Gasteiger partial charge in [-0.25, -0.2) is 0 Å². The maximum absolute atomic E-state index is 6.60. The fourth-order valence-electron chi connectivity index (χ4n) is 4.87. The van der Waals surface area contributed by atoms with Gasteiger partial charge in [0.1, 0.15) is 0 Å². The van der Waals surface area contributed by atoms with E-state index in [0.717, 1.165) is 12.1 Å². The Morgan fingerprint density at radius 2 is 1.10 bits per heavy atom. The van der Waals surface area contributed by atoms with E-state index in [4.69, 9.17) is 4.74 Å². The predicted octanol–water partition coefficient (Wildman–Crippen LogP) is 4.91. The molecule has 2 nitrogen and oxygen atoms in total. The van der Waals surface area contributed by atoms with Gasteiger partial charge in [0.15, 0.2) is 0 Å². The van der Waals surface area contributed by atoms with Gasteiger partial charge >= 0.3 is 0 Å². The third-order valence-corrected chi connectivity index (χ3v) is 6.30. The van der Waals surface area contributed by atoms with Crippen LogP contribution in [0, 0.1) is 0 Å². The van der Waals surface area contributed by atoms with E-state index in [9.17, 15) is 0 Å². The Morgan fingerprint density at radius 3 is 1.95 bits per heavy atom. The quantitative estimate of drug-likeness (QED) is 0.629. The van der Waals surface area contributed by atoms with Crippen molar-refractivity contribution in [1.29, 1.82) is 0 Å². The second-order valence-electron chi connectivity index (χ2n) is 7.78. The zero-order chi connectivity index (χ0) is 14.5. The molecule has 122 valence electrons.